The zero-order valence-electron chi connectivity index (χ0n) is 23.8. The Morgan fingerprint density at radius 3 is 2.32 bits per heavy atom. The van der Waals surface area contributed by atoms with Crippen LogP contribution in [0.25, 0.3) is 5.65 Å². The number of aliphatic hydroxyl groups excluding tert-OH is 1. The molecule has 0 fully saturated rings. The molecule has 3 aromatic rings. The number of hydrogen-bond acceptors (Lipinski definition) is 7. The first kappa shape index (κ1) is 31.3. The van der Waals surface area contributed by atoms with Crippen LogP contribution in [0.3, 0.4) is 0 Å². The average Bonchev–Trinajstić information content (AvgIpc) is 3.16. The van der Waals surface area contributed by atoms with Crippen molar-refractivity contribution in [2.75, 3.05) is 13.2 Å². The Kier molecular flexibility index (Phi) is 10.1. The molecule has 0 unspecified atom stereocenters. The molecule has 0 radical (unpaired) electrons. The number of hydrogen-bond donors (Lipinski definition) is 2. The van der Waals surface area contributed by atoms with Crippen LogP contribution in [0.5, 0.6) is 11.6 Å². The summed E-state index contributed by atoms with van der Waals surface area (Å²) in [6, 6.07) is 7.34. The minimum absolute atomic E-state index is 0. The number of aromatic nitrogens is 4. The van der Waals surface area contributed by atoms with E-state index in [4.69, 9.17) is 14.9 Å². The molecule has 0 saturated heterocycles. The lowest BCUT2D eigenvalue weighted by atomic mass is 9.85. The van der Waals surface area contributed by atoms with Gasteiger partial charge in [0, 0.05) is 22.6 Å². The Morgan fingerprint density at radius 2 is 1.74 bits per heavy atom. The topological polar surface area (TPSA) is 115 Å². The van der Waals surface area contributed by atoms with Crippen LogP contribution in [0.15, 0.2) is 24.3 Å². The van der Waals surface area contributed by atoms with Crippen molar-refractivity contribution in [2.45, 2.75) is 86.3 Å². The van der Waals surface area contributed by atoms with E-state index in [0.717, 1.165) is 24.0 Å². The molecule has 0 spiro atoms. The van der Waals surface area contributed by atoms with Crippen LogP contribution in [0.4, 0.5) is 0 Å². The highest BCUT2D eigenvalue weighted by Crippen LogP contribution is 2.29. The van der Waals surface area contributed by atoms with E-state index < -0.39 is 5.41 Å². The van der Waals surface area contributed by atoms with E-state index in [2.05, 4.69) is 44.8 Å². The second-order valence-corrected chi connectivity index (χ2v) is 11.5. The number of Topliss-reactive ketones (excluding diaryl/α,β-unsaturated/α-hetero) is 1. The van der Waals surface area contributed by atoms with Gasteiger partial charge >= 0.3 is 0 Å². The first-order chi connectivity index (χ1) is 17.3. The van der Waals surface area contributed by atoms with Crippen molar-refractivity contribution < 1.29 is 19.4 Å². The summed E-state index contributed by atoms with van der Waals surface area (Å²) in [6.07, 6.45) is 1.77. The van der Waals surface area contributed by atoms with Crippen molar-refractivity contribution in [2.24, 2.45) is 5.41 Å². The molecule has 2 aromatic heterocycles. The number of aliphatic hydroxyl groups is 1. The summed E-state index contributed by atoms with van der Waals surface area (Å²) in [7, 11) is 0. The van der Waals surface area contributed by atoms with E-state index in [1.165, 1.54) is 9.20 Å². The summed E-state index contributed by atoms with van der Waals surface area (Å²) >= 11 is 0. The van der Waals surface area contributed by atoms with Crippen molar-refractivity contribution in [3.63, 3.8) is 0 Å². The third-order valence-electron chi connectivity index (χ3n) is 6.40. The van der Waals surface area contributed by atoms with E-state index in [0.29, 0.717) is 29.4 Å². The largest absolute Gasteiger partial charge is 0.493 e. The average molecular weight is 548 g/mol. The van der Waals surface area contributed by atoms with Gasteiger partial charge in [-0.15, -0.1) is 22.6 Å². The maximum atomic E-state index is 13.4. The maximum Gasteiger partial charge on any atom is 0.242 e. The van der Waals surface area contributed by atoms with Crippen molar-refractivity contribution in [3.8, 4) is 11.6 Å². The highest BCUT2D eigenvalue weighted by molar-refractivity contribution is 5.96. The Hall–Kier alpha value is -2.91. The van der Waals surface area contributed by atoms with Gasteiger partial charge in [-0.2, -0.15) is 4.52 Å². The van der Waals surface area contributed by atoms with Gasteiger partial charge in [-0.3, -0.25) is 10.2 Å². The minimum Gasteiger partial charge on any atom is -0.493 e. The number of nitrogens with one attached hydrogen (secondary N) is 1. The Bertz CT molecular complexity index is 1320. The highest BCUT2D eigenvalue weighted by atomic mass is 35.5. The van der Waals surface area contributed by atoms with Gasteiger partial charge in [0.15, 0.2) is 11.4 Å². The van der Waals surface area contributed by atoms with Crippen LogP contribution < -0.4 is 15.1 Å². The summed E-state index contributed by atoms with van der Waals surface area (Å²) in [5, 5.41) is 27.2. The predicted octanol–water partition coefficient (Wildman–Crippen LogP) is 4.89. The quantitative estimate of drug-likeness (QED) is 0.330. The lowest BCUT2D eigenvalue weighted by molar-refractivity contribution is 0.0950. The van der Waals surface area contributed by atoms with Gasteiger partial charge in [0.05, 0.1) is 19.3 Å². The number of ether oxygens (including phenoxy) is 2. The molecule has 210 valence electrons. The second kappa shape index (κ2) is 12.3. The number of halogens is 1. The van der Waals surface area contributed by atoms with E-state index in [1.54, 1.807) is 6.07 Å². The van der Waals surface area contributed by atoms with Gasteiger partial charge in [-0.05, 0) is 48.9 Å². The Balaban J connectivity index is 0.00000507. The zero-order valence-corrected chi connectivity index (χ0v) is 24.6. The molecule has 1 aromatic carbocycles. The Morgan fingerprint density at radius 1 is 1.08 bits per heavy atom. The van der Waals surface area contributed by atoms with Crippen molar-refractivity contribution >= 4 is 23.8 Å². The third kappa shape index (κ3) is 7.35. The summed E-state index contributed by atoms with van der Waals surface area (Å²) < 4.78 is 14.7. The molecule has 0 amide bonds. The fourth-order valence-corrected chi connectivity index (χ4v) is 3.75. The number of aryl methyl sites for hydroxylation is 1. The monoisotopic (exact) mass is 547 g/mol. The number of fused-ring (bicyclic) bond motifs is 1. The van der Waals surface area contributed by atoms with E-state index in [1.807, 2.05) is 39.0 Å². The summed E-state index contributed by atoms with van der Waals surface area (Å²) in [5.74, 6) is 0.822. The number of benzene rings is 1. The van der Waals surface area contributed by atoms with Crippen LogP contribution in [0, 0.1) is 17.7 Å². The van der Waals surface area contributed by atoms with Gasteiger partial charge in [0.2, 0.25) is 11.5 Å². The van der Waals surface area contributed by atoms with Gasteiger partial charge in [-0.1, -0.05) is 48.5 Å². The molecule has 0 aliphatic rings. The molecule has 3 rings (SSSR count). The first-order valence-corrected chi connectivity index (χ1v) is 12.9. The summed E-state index contributed by atoms with van der Waals surface area (Å²) in [6.45, 7) is 16.3. The number of carbonyl (C=O) groups excluding carboxylic acids is 1. The smallest absolute Gasteiger partial charge is 0.242 e. The van der Waals surface area contributed by atoms with E-state index >= 15 is 0 Å². The summed E-state index contributed by atoms with van der Waals surface area (Å²) in [5.41, 5.74) is 2.15. The van der Waals surface area contributed by atoms with Crippen molar-refractivity contribution in [1.82, 2.24) is 19.4 Å². The molecule has 0 bridgehead atoms. The summed E-state index contributed by atoms with van der Waals surface area (Å²) in [4.78, 5) is 13.4. The molecule has 38 heavy (non-hydrogen) atoms. The van der Waals surface area contributed by atoms with Crippen LogP contribution in [-0.2, 0) is 12.0 Å². The van der Waals surface area contributed by atoms with Crippen LogP contribution in [0.1, 0.15) is 82.8 Å². The van der Waals surface area contributed by atoms with Gasteiger partial charge in [0.1, 0.15) is 12.3 Å². The first-order valence-electron chi connectivity index (χ1n) is 12.9. The third-order valence-corrected chi connectivity index (χ3v) is 6.40. The lowest BCUT2D eigenvalue weighted by Crippen LogP contribution is -2.27. The highest BCUT2D eigenvalue weighted by Gasteiger charge is 2.22. The number of nitrogens with zero attached hydrogens (tertiary/aromatic N) is 4. The molecular weight excluding hydrogens is 506 g/mol. The van der Waals surface area contributed by atoms with Crippen molar-refractivity contribution in [1.29, 1.82) is 5.41 Å². The number of ketones is 1. The molecule has 0 saturated carbocycles. The molecular formula is C28H42ClN5O4. The van der Waals surface area contributed by atoms with E-state index in [9.17, 15) is 9.90 Å². The zero-order chi connectivity index (χ0) is 27.5. The molecule has 0 aliphatic heterocycles. The molecule has 0 aliphatic carbocycles. The lowest BCUT2D eigenvalue weighted by Gasteiger charge is -2.24. The molecule has 9 nitrogen and oxygen atoms in total. The van der Waals surface area contributed by atoms with Crippen LogP contribution in [-0.4, -0.2) is 49.6 Å². The molecule has 2 N–H and O–H groups in total. The normalized spacial score (nSPS) is 12.1. The standard InChI is InChI=1S/C28H41N5O4.ClH/c1-9-21(10-2)37-24-11-18(3)25-31-32(26(29)33(25)30-24)15-23(35)19-12-20(27(4,5)6)14-22(13-19)36-17-28(7,8)16-34;/h11-14,21,29,34H,9-10,15-17H2,1-8H3;1H. The van der Waals surface area contributed by atoms with Crippen molar-refractivity contribution in [3.05, 3.63) is 46.6 Å². The SMILES string of the molecule is CCC(CC)Oc1cc(C)c2nn(CC(=O)c3cc(OCC(C)(C)CO)cc(C(C)(C)C)c3)c(=N)n2n1.Cl. The van der Waals surface area contributed by atoms with E-state index in [-0.39, 0.29) is 48.5 Å². The minimum atomic E-state index is -0.407. The van der Waals surface area contributed by atoms with Gasteiger partial charge in [0.25, 0.3) is 0 Å². The molecule has 2 heterocycles. The number of carbonyl (C=O) groups is 1. The van der Waals surface area contributed by atoms with Gasteiger partial charge in [-0.25, -0.2) is 4.68 Å². The predicted molar refractivity (Wildman–Crippen MR) is 150 cm³/mol. The van der Waals surface area contributed by atoms with Crippen LogP contribution >= 0.6 is 12.4 Å². The fourth-order valence-electron chi connectivity index (χ4n) is 3.75. The van der Waals surface area contributed by atoms with Gasteiger partial charge < -0.3 is 14.6 Å². The second-order valence-electron chi connectivity index (χ2n) is 11.5. The van der Waals surface area contributed by atoms with Crippen LogP contribution in [0.2, 0.25) is 0 Å². The maximum absolute atomic E-state index is 13.4. The Labute approximate surface area is 231 Å². The number of rotatable bonds is 11. The fraction of sp³-hybridized carbons (Fsp3) is 0.571. The molecule has 0 atom stereocenters. The molecule has 10 heteroatoms.